The molecule has 1 heterocycles. The quantitative estimate of drug-likeness (QED) is 0.623. The molecule has 5 nitrogen and oxygen atoms in total. The number of ether oxygens (including phenoxy) is 2. The summed E-state index contributed by atoms with van der Waals surface area (Å²) in [5.74, 6) is -0.521. The molecule has 108 valence electrons. The molecule has 0 bridgehead atoms. The van der Waals surface area contributed by atoms with E-state index in [9.17, 15) is 9.59 Å². The van der Waals surface area contributed by atoms with Crippen molar-refractivity contribution in [2.45, 2.75) is 11.0 Å². The number of rotatable bonds is 3. The molecule has 0 aromatic heterocycles. The normalized spacial score (nSPS) is 18.7. The van der Waals surface area contributed by atoms with E-state index in [0.717, 1.165) is 4.90 Å². The maximum Gasteiger partial charge on any atom is 0.336 e. The van der Waals surface area contributed by atoms with Gasteiger partial charge in [-0.2, -0.15) is 0 Å². The third-order valence-electron chi connectivity index (χ3n) is 3.16. The molecule has 1 aromatic carbocycles. The summed E-state index contributed by atoms with van der Waals surface area (Å²) < 4.78 is 9.99. The summed E-state index contributed by atoms with van der Waals surface area (Å²) in [6.45, 7) is 1.05. The van der Waals surface area contributed by atoms with Crippen LogP contribution in [0.1, 0.15) is 10.4 Å². The van der Waals surface area contributed by atoms with Gasteiger partial charge in [-0.05, 0) is 18.4 Å². The number of amides is 1. The smallest absolute Gasteiger partial charge is 0.336 e. The zero-order valence-electron chi connectivity index (χ0n) is 11.5. The van der Waals surface area contributed by atoms with E-state index >= 15 is 0 Å². The average molecular weight is 295 g/mol. The minimum absolute atomic E-state index is 0.0767. The van der Waals surface area contributed by atoms with Crippen LogP contribution in [-0.2, 0) is 14.3 Å². The van der Waals surface area contributed by atoms with Crippen LogP contribution in [0, 0.1) is 0 Å². The molecule has 0 spiro atoms. The van der Waals surface area contributed by atoms with Gasteiger partial charge in [0, 0.05) is 11.4 Å². The summed E-state index contributed by atoms with van der Waals surface area (Å²) in [5, 5.41) is 0. The lowest BCUT2D eigenvalue weighted by molar-refractivity contribution is -0.158. The molecule has 1 aromatic rings. The van der Waals surface area contributed by atoms with Gasteiger partial charge in [-0.1, -0.05) is 12.1 Å². The maximum atomic E-state index is 12.5. The highest BCUT2D eigenvalue weighted by atomic mass is 32.2. The van der Waals surface area contributed by atoms with Gasteiger partial charge >= 0.3 is 5.97 Å². The van der Waals surface area contributed by atoms with E-state index in [0.29, 0.717) is 18.7 Å². The van der Waals surface area contributed by atoms with Crippen LogP contribution in [0.25, 0.3) is 0 Å². The number of esters is 1. The second-order valence-corrected chi connectivity index (χ2v) is 5.18. The van der Waals surface area contributed by atoms with Crippen molar-refractivity contribution in [1.82, 2.24) is 4.90 Å². The first-order valence-electron chi connectivity index (χ1n) is 6.29. The van der Waals surface area contributed by atoms with Gasteiger partial charge in [0.15, 0.2) is 6.10 Å². The highest BCUT2D eigenvalue weighted by Gasteiger charge is 2.30. The molecule has 0 radical (unpaired) electrons. The van der Waals surface area contributed by atoms with Crippen LogP contribution >= 0.6 is 11.8 Å². The molecule has 2 rings (SSSR count). The van der Waals surface area contributed by atoms with Crippen LogP contribution in [0.3, 0.4) is 0 Å². The number of hydrogen-bond acceptors (Lipinski definition) is 5. The second kappa shape index (κ2) is 6.76. The molecule has 0 aliphatic carbocycles. The van der Waals surface area contributed by atoms with E-state index in [1.807, 2.05) is 24.5 Å². The standard InChI is InChI=1S/C14H17NO4S/c1-18-14(17)11-9-15(7-8-19-11)13(16)10-5-3-4-6-12(10)20-2/h3-6,11H,7-9H2,1-2H3. The molecule has 1 unspecified atom stereocenters. The summed E-state index contributed by atoms with van der Waals surface area (Å²) in [4.78, 5) is 26.6. The Bertz CT molecular complexity index is 506. The first-order valence-corrected chi connectivity index (χ1v) is 7.51. The lowest BCUT2D eigenvalue weighted by Gasteiger charge is -2.31. The minimum Gasteiger partial charge on any atom is -0.467 e. The van der Waals surface area contributed by atoms with Crippen molar-refractivity contribution >= 4 is 23.6 Å². The van der Waals surface area contributed by atoms with Crippen molar-refractivity contribution < 1.29 is 19.1 Å². The summed E-state index contributed by atoms with van der Waals surface area (Å²) >= 11 is 1.53. The van der Waals surface area contributed by atoms with E-state index in [4.69, 9.17) is 4.74 Å². The topological polar surface area (TPSA) is 55.8 Å². The van der Waals surface area contributed by atoms with Gasteiger partial charge < -0.3 is 14.4 Å². The Morgan fingerprint density at radius 1 is 1.40 bits per heavy atom. The van der Waals surface area contributed by atoms with Crippen LogP contribution in [-0.4, -0.2) is 55.9 Å². The van der Waals surface area contributed by atoms with E-state index < -0.39 is 12.1 Å². The van der Waals surface area contributed by atoms with Gasteiger partial charge in [0.1, 0.15) is 0 Å². The zero-order chi connectivity index (χ0) is 14.5. The Kier molecular flexibility index (Phi) is 5.03. The van der Waals surface area contributed by atoms with Crippen LogP contribution in [0.2, 0.25) is 0 Å². The number of nitrogens with zero attached hydrogens (tertiary/aromatic N) is 1. The fourth-order valence-corrected chi connectivity index (χ4v) is 2.69. The van der Waals surface area contributed by atoms with Crippen molar-refractivity contribution in [1.29, 1.82) is 0 Å². The molecule has 0 saturated carbocycles. The molecule has 1 amide bonds. The zero-order valence-corrected chi connectivity index (χ0v) is 12.3. The van der Waals surface area contributed by atoms with E-state index in [2.05, 4.69) is 4.74 Å². The molecule has 1 aliphatic rings. The predicted molar refractivity (Wildman–Crippen MR) is 75.9 cm³/mol. The van der Waals surface area contributed by atoms with E-state index in [1.54, 1.807) is 11.0 Å². The number of benzene rings is 1. The first-order chi connectivity index (χ1) is 9.67. The number of carbonyl (C=O) groups is 2. The third kappa shape index (κ3) is 3.13. The van der Waals surface area contributed by atoms with E-state index in [1.165, 1.54) is 18.9 Å². The van der Waals surface area contributed by atoms with Gasteiger partial charge in [-0.15, -0.1) is 11.8 Å². The number of hydrogen-bond donors (Lipinski definition) is 0. The predicted octanol–water partition coefficient (Wildman–Crippen LogP) is 1.42. The summed E-state index contributed by atoms with van der Waals surface area (Å²) in [7, 11) is 1.31. The Hall–Kier alpha value is -1.53. The van der Waals surface area contributed by atoms with Crippen LogP contribution in [0.4, 0.5) is 0 Å². The molecular formula is C14H17NO4S. The fraction of sp³-hybridized carbons (Fsp3) is 0.429. The average Bonchev–Trinajstić information content (AvgIpc) is 2.53. The van der Waals surface area contributed by atoms with Crippen molar-refractivity contribution in [2.75, 3.05) is 33.1 Å². The molecule has 1 saturated heterocycles. The van der Waals surface area contributed by atoms with Gasteiger partial charge in [0.05, 0.1) is 25.8 Å². The van der Waals surface area contributed by atoms with Crippen molar-refractivity contribution in [2.24, 2.45) is 0 Å². The Morgan fingerprint density at radius 2 is 2.15 bits per heavy atom. The molecule has 1 fully saturated rings. The highest BCUT2D eigenvalue weighted by molar-refractivity contribution is 7.98. The Labute approximate surface area is 122 Å². The molecule has 6 heteroatoms. The first kappa shape index (κ1) is 14.9. The van der Waals surface area contributed by atoms with Gasteiger partial charge in [-0.3, -0.25) is 4.79 Å². The van der Waals surface area contributed by atoms with Crippen molar-refractivity contribution in [3.63, 3.8) is 0 Å². The number of methoxy groups -OCH3 is 1. The third-order valence-corrected chi connectivity index (χ3v) is 3.95. The SMILES string of the molecule is COC(=O)C1CN(C(=O)c2ccccc2SC)CCO1. The monoisotopic (exact) mass is 295 g/mol. The fourth-order valence-electron chi connectivity index (χ4n) is 2.10. The highest BCUT2D eigenvalue weighted by Crippen LogP contribution is 2.22. The number of morpholine rings is 1. The molecule has 0 N–H and O–H groups in total. The largest absolute Gasteiger partial charge is 0.467 e. The van der Waals surface area contributed by atoms with Crippen LogP contribution in [0.5, 0.6) is 0 Å². The number of thioether (sulfide) groups is 1. The van der Waals surface area contributed by atoms with Gasteiger partial charge in [0.25, 0.3) is 5.91 Å². The molecule has 1 atom stereocenters. The number of carbonyl (C=O) groups excluding carboxylic acids is 2. The van der Waals surface area contributed by atoms with Crippen LogP contribution in [0.15, 0.2) is 29.2 Å². The summed E-state index contributed by atoms with van der Waals surface area (Å²) in [5.41, 5.74) is 0.658. The summed E-state index contributed by atoms with van der Waals surface area (Å²) in [6.07, 6.45) is 1.24. The maximum absolute atomic E-state index is 12.5. The Morgan fingerprint density at radius 3 is 2.85 bits per heavy atom. The summed E-state index contributed by atoms with van der Waals surface area (Å²) in [6, 6.07) is 7.46. The lowest BCUT2D eigenvalue weighted by atomic mass is 10.1. The van der Waals surface area contributed by atoms with E-state index in [-0.39, 0.29) is 12.5 Å². The lowest BCUT2D eigenvalue weighted by Crippen LogP contribution is -2.49. The van der Waals surface area contributed by atoms with Crippen molar-refractivity contribution in [3.05, 3.63) is 29.8 Å². The molecular weight excluding hydrogens is 278 g/mol. The molecule has 20 heavy (non-hydrogen) atoms. The van der Waals surface area contributed by atoms with Crippen molar-refractivity contribution in [3.8, 4) is 0 Å². The molecule has 1 aliphatic heterocycles. The minimum atomic E-state index is -0.695. The van der Waals surface area contributed by atoms with Crippen LogP contribution < -0.4 is 0 Å². The van der Waals surface area contributed by atoms with Gasteiger partial charge in [-0.25, -0.2) is 4.79 Å². The van der Waals surface area contributed by atoms with Gasteiger partial charge in [0.2, 0.25) is 0 Å². The Balaban J connectivity index is 2.14. The second-order valence-electron chi connectivity index (χ2n) is 4.33.